The smallest absolute Gasteiger partial charge is 0.305 e. The fourth-order valence-corrected chi connectivity index (χ4v) is 2.85. The molecule has 0 aromatic rings. The number of rotatable bonds is 8. The molecule has 4 nitrogen and oxygen atoms in total. The topological polar surface area (TPSA) is 55.8 Å². The first-order chi connectivity index (χ1) is 11.1. The molecule has 0 spiro atoms. The first kappa shape index (κ1) is 22.6. The lowest BCUT2D eigenvalue weighted by Gasteiger charge is -2.38. The van der Waals surface area contributed by atoms with Gasteiger partial charge < -0.3 is 14.3 Å². The molecule has 24 heavy (non-hydrogen) atoms. The van der Waals surface area contributed by atoms with E-state index in [1.54, 1.807) is 24.3 Å². The van der Waals surface area contributed by atoms with Gasteiger partial charge in [0.2, 0.25) is 0 Å². The Hall–Kier alpha value is -1.35. The lowest BCUT2D eigenvalue weighted by molar-refractivity contribution is -0.140. The van der Waals surface area contributed by atoms with Gasteiger partial charge in [0.05, 0.1) is 13.7 Å². The Balaban J connectivity index is 4.89. The molecule has 0 aromatic carbocycles. The molecule has 0 fully saturated rings. The summed E-state index contributed by atoms with van der Waals surface area (Å²) in [6, 6.07) is 0. The van der Waals surface area contributed by atoms with Gasteiger partial charge in [-0.1, -0.05) is 50.8 Å². The molecular formula is C19H32O4Si. The predicted molar refractivity (Wildman–Crippen MR) is 101 cm³/mol. The Kier molecular flexibility index (Phi) is 10.6. The van der Waals surface area contributed by atoms with Crippen molar-refractivity contribution < 1.29 is 19.1 Å². The van der Waals surface area contributed by atoms with Crippen molar-refractivity contribution in [1.29, 1.82) is 0 Å². The highest BCUT2D eigenvalue weighted by Crippen LogP contribution is 2.37. The molecule has 0 saturated carbocycles. The largest absolute Gasteiger partial charge is 0.469 e. The number of allylic oxidation sites excluding steroid dienone is 3. The number of hydrogen-bond donors (Lipinski definition) is 1. The van der Waals surface area contributed by atoms with E-state index in [0.717, 1.165) is 0 Å². The molecule has 0 amide bonds. The van der Waals surface area contributed by atoms with Crippen LogP contribution >= 0.6 is 0 Å². The fourth-order valence-electron chi connectivity index (χ4n) is 1.61. The maximum absolute atomic E-state index is 11.3. The zero-order valence-electron chi connectivity index (χ0n) is 15.9. The molecule has 0 aliphatic heterocycles. The first-order valence-electron chi connectivity index (χ1n) is 8.32. The summed E-state index contributed by atoms with van der Waals surface area (Å²) < 4.78 is 11.0. The zero-order valence-corrected chi connectivity index (χ0v) is 16.9. The van der Waals surface area contributed by atoms with Gasteiger partial charge in [-0.25, -0.2) is 0 Å². The number of carbonyl (C=O) groups is 1. The van der Waals surface area contributed by atoms with Crippen LogP contribution in [-0.2, 0) is 14.0 Å². The molecule has 5 heteroatoms. The van der Waals surface area contributed by atoms with Gasteiger partial charge in [0.1, 0.15) is 6.10 Å². The van der Waals surface area contributed by atoms with Gasteiger partial charge in [-0.15, -0.1) is 0 Å². The molecule has 1 N–H and O–H groups in total. The number of esters is 1. The third-order valence-electron chi connectivity index (χ3n) is 4.09. The lowest BCUT2D eigenvalue weighted by Crippen LogP contribution is -2.43. The van der Waals surface area contributed by atoms with E-state index in [1.807, 2.05) is 0 Å². The molecule has 0 heterocycles. The number of hydrogen-bond acceptors (Lipinski definition) is 4. The maximum Gasteiger partial charge on any atom is 0.305 e. The summed E-state index contributed by atoms with van der Waals surface area (Å²) in [5.41, 5.74) is 0. The van der Waals surface area contributed by atoms with Gasteiger partial charge in [0.25, 0.3) is 0 Å². The van der Waals surface area contributed by atoms with Crippen LogP contribution in [0, 0.1) is 11.8 Å². The third-order valence-corrected chi connectivity index (χ3v) is 8.58. The Morgan fingerprint density at radius 3 is 2.50 bits per heavy atom. The van der Waals surface area contributed by atoms with E-state index >= 15 is 0 Å². The van der Waals surface area contributed by atoms with Crippen LogP contribution < -0.4 is 0 Å². The average Bonchev–Trinajstić information content (AvgIpc) is 2.48. The number of aliphatic hydroxyl groups excluding tert-OH is 1. The third kappa shape index (κ3) is 9.71. The highest BCUT2D eigenvalue weighted by Gasteiger charge is 2.38. The van der Waals surface area contributed by atoms with Gasteiger partial charge in [-0.3, -0.25) is 4.79 Å². The van der Waals surface area contributed by atoms with Gasteiger partial charge in [0, 0.05) is 6.42 Å². The van der Waals surface area contributed by atoms with Crippen LogP contribution in [0.3, 0.4) is 0 Å². The molecule has 1 atom stereocenters. The highest BCUT2D eigenvalue weighted by atomic mass is 28.4. The van der Waals surface area contributed by atoms with Crippen LogP contribution in [0.1, 0.15) is 40.0 Å². The van der Waals surface area contributed by atoms with Crippen molar-refractivity contribution in [1.82, 2.24) is 0 Å². The normalized spacial score (nSPS) is 13.8. The molecule has 0 saturated heterocycles. The van der Waals surface area contributed by atoms with Crippen molar-refractivity contribution in [2.45, 2.75) is 64.3 Å². The Labute approximate surface area is 148 Å². The van der Waals surface area contributed by atoms with Gasteiger partial charge in [-0.2, -0.15) is 0 Å². The van der Waals surface area contributed by atoms with Crippen LogP contribution in [-0.4, -0.2) is 39.2 Å². The summed E-state index contributed by atoms with van der Waals surface area (Å²) in [5.74, 6) is 5.93. The van der Waals surface area contributed by atoms with E-state index in [0.29, 0.717) is 19.3 Å². The minimum atomic E-state index is -1.92. The van der Waals surface area contributed by atoms with E-state index in [9.17, 15) is 4.79 Å². The van der Waals surface area contributed by atoms with Crippen molar-refractivity contribution in [3.05, 3.63) is 24.3 Å². The predicted octanol–water partition coefficient (Wildman–Crippen LogP) is 3.83. The molecule has 136 valence electrons. The molecule has 0 bridgehead atoms. The van der Waals surface area contributed by atoms with E-state index in [4.69, 9.17) is 9.53 Å². The summed E-state index contributed by atoms with van der Waals surface area (Å²) in [4.78, 5) is 11.3. The van der Waals surface area contributed by atoms with Crippen molar-refractivity contribution in [2.75, 3.05) is 13.7 Å². The van der Waals surface area contributed by atoms with E-state index < -0.39 is 8.32 Å². The van der Waals surface area contributed by atoms with E-state index in [1.165, 1.54) is 7.11 Å². The number of methoxy groups -OCH3 is 1. The first-order valence-corrected chi connectivity index (χ1v) is 11.2. The second-order valence-electron chi connectivity index (χ2n) is 7.09. The standard InChI is InChI=1S/C19H32O4Si/c1-19(2,3)24(5,6)23-17(14-12-15-18(21)22-4)13-10-8-7-9-11-16-20/h7-9,11,17,20H,12,14-16H2,1-6H3/b8-7+,11-9+/t17-/m1/s1. The Morgan fingerprint density at radius 1 is 1.29 bits per heavy atom. The minimum Gasteiger partial charge on any atom is -0.469 e. The second-order valence-corrected chi connectivity index (χ2v) is 11.9. The average molecular weight is 353 g/mol. The lowest BCUT2D eigenvalue weighted by atomic mass is 10.1. The summed E-state index contributed by atoms with van der Waals surface area (Å²) >= 11 is 0. The molecular weight excluding hydrogens is 320 g/mol. The molecule has 0 aromatic heterocycles. The van der Waals surface area contributed by atoms with Crippen molar-refractivity contribution in [2.24, 2.45) is 0 Å². The van der Waals surface area contributed by atoms with Gasteiger partial charge >= 0.3 is 5.97 Å². The van der Waals surface area contributed by atoms with E-state index in [2.05, 4.69) is 50.4 Å². The fraction of sp³-hybridized carbons (Fsp3) is 0.632. The van der Waals surface area contributed by atoms with Crippen LogP contribution in [0.5, 0.6) is 0 Å². The summed E-state index contributed by atoms with van der Waals surface area (Å²) in [6.07, 6.45) is 8.47. The molecule has 0 aliphatic carbocycles. The zero-order chi connectivity index (χ0) is 18.6. The maximum atomic E-state index is 11.3. The van der Waals surface area contributed by atoms with Crippen LogP contribution in [0.25, 0.3) is 0 Å². The molecule has 0 rings (SSSR count). The SMILES string of the molecule is COC(=O)CCC[C@@H](C#C/C=C/C=C/CO)O[Si](C)(C)C(C)(C)C. The molecule has 0 unspecified atom stereocenters. The summed E-state index contributed by atoms with van der Waals surface area (Å²) in [5, 5.41) is 8.77. The number of aliphatic hydroxyl groups is 1. The number of carbonyl (C=O) groups excluding carboxylic acids is 1. The highest BCUT2D eigenvalue weighted by molar-refractivity contribution is 6.74. The van der Waals surface area contributed by atoms with Crippen molar-refractivity contribution in [3.63, 3.8) is 0 Å². The molecule has 0 aliphatic rings. The Morgan fingerprint density at radius 2 is 1.96 bits per heavy atom. The van der Waals surface area contributed by atoms with Gasteiger partial charge in [-0.05, 0) is 37.0 Å². The summed E-state index contributed by atoms with van der Waals surface area (Å²) in [6.45, 7) is 11.0. The van der Waals surface area contributed by atoms with Crippen LogP contribution in [0.2, 0.25) is 18.1 Å². The number of ether oxygens (including phenoxy) is 1. The Bertz CT molecular complexity index is 490. The van der Waals surface area contributed by atoms with Crippen molar-refractivity contribution in [3.8, 4) is 11.8 Å². The summed E-state index contributed by atoms with van der Waals surface area (Å²) in [7, 11) is -0.525. The van der Waals surface area contributed by atoms with E-state index in [-0.39, 0.29) is 23.7 Å². The van der Waals surface area contributed by atoms with Gasteiger partial charge in [0.15, 0.2) is 8.32 Å². The monoisotopic (exact) mass is 352 g/mol. The second kappa shape index (κ2) is 11.2. The van der Waals surface area contributed by atoms with Crippen LogP contribution in [0.15, 0.2) is 24.3 Å². The van der Waals surface area contributed by atoms with Crippen LogP contribution in [0.4, 0.5) is 0 Å². The minimum absolute atomic E-state index is 0.0163. The molecule has 0 radical (unpaired) electrons. The quantitative estimate of drug-likeness (QED) is 0.312. The van der Waals surface area contributed by atoms with Crippen molar-refractivity contribution >= 4 is 14.3 Å².